The summed E-state index contributed by atoms with van der Waals surface area (Å²) in [5.74, 6) is -0.356. The molecule has 3 aromatic rings. The van der Waals surface area contributed by atoms with Crippen LogP contribution in [0.25, 0.3) is 10.6 Å². The molecule has 8 heteroatoms. The van der Waals surface area contributed by atoms with Crippen LogP contribution in [-0.2, 0) is 4.79 Å². The van der Waals surface area contributed by atoms with E-state index in [0.29, 0.717) is 34.4 Å². The first-order valence-electron chi connectivity index (χ1n) is 8.42. The highest BCUT2D eigenvalue weighted by Gasteiger charge is 2.26. The molecule has 0 radical (unpaired) electrons. The SMILES string of the molecule is O=C(Nc1nnc(-c2ccccc2)s1)c1ccc(Cl)cc1N1CCCC1=O. The zero-order chi connectivity index (χ0) is 18.8. The van der Waals surface area contributed by atoms with Crippen molar-refractivity contribution in [2.75, 3.05) is 16.8 Å². The topological polar surface area (TPSA) is 75.2 Å². The van der Waals surface area contributed by atoms with E-state index in [1.165, 1.54) is 11.3 Å². The normalized spacial score (nSPS) is 13.8. The summed E-state index contributed by atoms with van der Waals surface area (Å²) in [6.45, 7) is 0.580. The predicted molar refractivity (Wildman–Crippen MR) is 106 cm³/mol. The summed E-state index contributed by atoms with van der Waals surface area (Å²) < 4.78 is 0. The molecule has 1 aliphatic rings. The van der Waals surface area contributed by atoms with E-state index >= 15 is 0 Å². The van der Waals surface area contributed by atoms with Gasteiger partial charge in [0, 0.05) is 23.6 Å². The molecule has 0 atom stereocenters. The van der Waals surface area contributed by atoms with E-state index in [1.54, 1.807) is 23.1 Å². The Morgan fingerprint density at radius 3 is 2.70 bits per heavy atom. The molecule has 2 amide bonds. The minimum absolute atomic E-state index is 0.00593. The van der Waals surface area contributed by atoms with Gasteiger partial charge in [-0.05, 0) is 24.6 Å². The molecule has 27 heavy (non-hydrogen) atoms. The zero-order valence-corrected chi connectivity index (χ0v) is 15.8. The average Bonchev–Trinajstić information content (AvgIpc) is 3.31. The average molecular weight is 399 g/mol. The molecule has 1 aromatic heterocycles. The minimum Gasteiger partial charge on any atom is -0.312 e. The number of rotatable bonds is 4. The fraction of sp³-hybridized carbons (Fsp3) is 0.158. The molecule has 6 nitrogen and oxygen atoms in total. The van der Waals surface area contributed by atoms with E-state index in [4.69, 9.17) is 11.6 Å². The number of hydrogen-bond acceptors (Lipinski definition) is 5. The number of amides is 2. The molecule has 1 aliphatic heterocycles. The van der Waals surface area contributed by atoms with Crippen LogP contribution in [0.2, 0.25) is 5.02 Å². The van der Waals surface area contributed by atoms with Crippen LogP contribution < -0.4 is 10.2 Å². The van der Waals surface area contributed by atoms with Crippen LogP contribution in [0.4, 0.5) is 10.8 Å². The fourth-order valence-corrected chi connectivity index (χ4v) is 3.87. The van der Waals surface area contributed by atoms with Crippen molar-refractivity contribution in [3.8, 4) is 10.6 Å². The van der Waals surface area contributed by atoms with Crippen LogP contribution in [0.3, 0.4) is 0 Å². The molecule has 2 aromatic carbocycles. The third-order valence-corrected chi connectivity index (χ3v) is 5.36. The number of nitrogens with one attached hydrogen (secondary N) is 1. The molecule has 1 saturated heterocycles. The second-order valence-corrected chi connectivity index (χ2v) is 7.46. The molecular formula is C19H15ClN4O2S. The highest BCUT2D eigenvalue weighted by molar-refractivity contribution is 7.18. The first-order chi connectivity index (χ1) is 13.1. The van der Waals surface area contributed by atoms with Crippen LogP contribution in [0.1, 0.15) is 23.2 Å². The molecular weight excluding hydrogens is 384 g/mol. The summed E-state index contributed by atoms with van der Waals surface area (Å²) >= 11 is 7.38. The van der Waals surface area contributed by atoms with Gasteiger partial charge in [-0.3, -0.25) is 14.9 Å². The molecule has 136 valence electrons. The van der Waals surface area contributed by atoms with Gasteiger partial charge >= 0.3 is 0 Å². The first-order valence-corrected chi connectivity index (χ1v) is 9.61. The maximum Gasteiger partial charge on any atom is 0.259 e. The quantitative estimate of drug-likeness (QED) is 0.713. The van der Waals surface area contributed by atoms with Crippen LogP contribution in [0, 0.1) is 0 Å². The molecule has 0 saturated carbocycles. The Hall–Kier alpha value is -2.77. The molecule has 0 aliphatic carbocycles. The second-order valence-electron chi connectivity index (χ2n) is 6.04. The van der Waals surface area contributed by atoms with E-state index in [2.05, 4.69) is 15.5 Å². The van der Waals surface area contributed by atoms with Crippen molar-refractivity contribution in [1.82, 2.24) is 10.2 Å². The Bertz CT molecular complexity index is 1010. The van der Waals surface area contributed by atoms with Gasteiger partial charge in [0.15, 0.2) is 0 Å². The van der Waals surface area contributed by atoms with Gasteiger partial charge in [0.05, 0.1) is 11.3 Å². The Balaban J connectivity index is 1.59. The number of aromatic nitrogens is 2. The van der Waals surface area contributed by atoms with Crippen molar-refractivity contribution in [2.24, 2.45) is 0 Å². The Morgan fingerprint density at radius 2 is 1.96 bits per heavy atom. The zero-order valence-electron chi connectivity index (χ0n) is 14.2. The first kappa shape index (κ1) is 17.6. The Labute approximate surface area is 164 Å². The van der Waals surface area contributed by atoms with Gasteiger partial charge in [-0.25, -0.2) is 0 Å². The van der Waals surface area contributed by atoms with Crippen LogP contribution in [0.5, 0.6) is 0 Å². The van der Waals surface area contributed by atoms with Crippen molar-refractivity contribution in [2.45, 2.75) is 12.8 Å². The van der Waals surface area contributed by atoms with Gasteiger partial charge in [0.2, 0.25) is 11.0 Å². The summed E-state index contributed by atoms with van der Waals surface area (Å²) in [5, 5.41) is 12.5. The Kier molecular flexibility index (Phi) is 4.87. The number of benzene rings is 2. The molecule has 2 heterocycles. The third kappa shape index (κ3) is 3.70. The minimum atomic E-state index is -0.350. The van der Waals surface area contributed by atoms with E-state index in [-0.39, 0.29) is 11.8 Å². The van der Waals surface area contributed by atoms with Gasteiger partial charge in [-0.2, -0.15) is 0 Å². The van der Waals surface area contributed by atoms with E-state index in [9.17, 15) is 9.59 Å². The molecule has 1 N–H and O–H groups in total. The van der Waals surface area contributed by atoms with Crippen LogP contribution >= 0.6 is 22.9 Å². The number of anilines is 2. The number of halogens is 1. The van der Waals surface area contributed by atoms with Crippen LogP contribution in [-0.4, -0.2) is 28.6 Å². The lowest BCUT2D eigenvalue weighted by Gasteiger charge is -2.19. The summed E-state index contributed by atoms with van der Waals surface area (Å²) in [4.78, 5) is 26.5. The van der Waals surface area contributed by atoms with Crippen molar-refractivity contribution in [3.05, 3.63) is 59.1 Å². The number of carbonyl (C=O) groups is 2. The molecule has 1 fully saturated rings. The highest BCUT2D eigenvalue weighted by Crippen LogP contribution is 2.30. The van der Waals surface area contributed by atoms with E-state index < -0.39 is 0 Å². The smallest absolute Gasteiger partial charge is 0.259 e. The summed E-state index contributed by atoms with van der Waals surface area (Å²) in [7, 11) is 0. The maximum absolute atomic E-state index is 12.8. The standard InChI is InChI=1S/C19H15ClN4O2S/c20-13-8-9-14(15(11-13)24-10-4-7-16(24)25)17(26)21-19-23-22-18(27-19)12-5-2-1-3-6-12/h1-3,5-6,8-9,11H,4,7,10H2,(H,21,23,26). The lowest BCUT2D eigenvalue weighted by atomic mass is 10.1. The monoisotopic (exact) mass is 398 g/mol. The fourth-order valence-electron chi connectivity index (χ4n) is 2.96. The van der Waals surface area contributed by atoms with Gasteiger partial charge in [0.1, 0.15) is 5.01 Å². The van der Waals surface area contributed by atoms with Crippen molar-refractivity contribution in [1.29, 1.82) is 0 Å². The van der Waals surface area contributed by atoms with E-state index in [1.807, 2.05) is 30.3 Å². The maximum atomic E-state index is 12.8. The molecule has 4 rings (SSSR count). The molecule has 0 spiro atoms. The highest BCUT2D eigenvalue weighted by atomic mass is 35.5. The van der Waals surface area contributed by atoms with Crippen LogP contribution in [0.15, 0.2) is 48.5 Å². The summed E-state index contributed by atoms with van der Waals surface area (Å²) in [6, 6.07) is 14.5. The Morgan fingerprint density at radius 1 is 1.15 bits per heavy atom. The number of carbonyl (C=O) groups excluding carboxylic acids is 2. The van der Waals surface area contributed by atoms with Crippen molar-refractivity contribution in [3.63, 3.8) is 0 Å². The lowest BCUT2D eigenvalue weighted by Crippen LogP contribution is -2.27. The lowest BCUT2D eigenvalue weighted by molar-refractivity contribution is -0.117. The largest absolute Gasteiger partial charge is 0.312 e. The molecule has 0 bridgehead atoms. The van der Waals surface area contributed by atoms with Crippen molar-refractivity contribution >= 4 is 45.6 Å². The second kappa shape index (κ2) is 7.46. The summed E-state index contributed by atoms with van der Waals surface area (Å²) in [5.41, 5.74) is 1.84. The van der Waals surface area contributed by atoms with Gasteiger partial charge in [-0.15, -0.1) is 10.2 Å². The number of hydrogen-bond donors (Lipinski definition) is 1. The van der Waals surface area contributed by atoms with Crippen molar-refractivity contribution < 1.29 is 9.59 Å². The van der Waals surface area contributed by atoms with Gasteiger partial charge in [-0.1, -0.05) is 53.3 Å². The van der Waals surface area contributed by atoms with E-state index in [0.717, 1.165) is 17.0 Å². The third-order valence-electron chi connectivity index (χ3n) is 4.23. The predicted octanol–water partition coefficient (Wildman–Crippen LogP) is 4.24. The summed E-state index contributed by atoms with van der Waals surface area (Å²) in [6.07, 6.45) is 1.24. The van der Waals surface area contributed by atoms with Gasteiger partial charge < -0.3 is 4.90 Å². The number of nitrogens with zero attached hydrogens (tertiary/aromatic N) is 3. The molecule has 0 unspecified atom stereocenters. The van der Waals surface area contributed by atoms with Gasteiger partial charge in [0.25, 0.3) is 5.91 Å².